The zero-order chi connectivity index (χ0) is 12.5. The molecule has 2 nitrogen and oxygen atoms in total. The van der Waals surface area contributed by atoms with Gasteiger partial charge in [0.05, 0.1) is 7.11 Å². The van der Waals surface area contributed by atoms with Gasteiger partial charge in [0.15, 0.2) is 0 Å². The van der Waals surface area contributed by atoms with Gasteiger partial charge in [0.1, 0.15) is 0 Å². The minimum atomic E-state index is -0.163. The molecule has 0 heterocycles. The Hall–Kier alpha value is -1.09. The van der Waals surface area contributed by atoms with Crippen molar-refractivity contribution < 1.29 is 9.53 Å². The molecule has 0 aliphatic carbocycles. The molecule has 0 radical (unpaired) electrons. The van der Waals surface area contributed by atoms with E-state index in [1.807, 2.05) is 12.1 Å². The maximum Gasteiger partial charge on any atom is 0.305 e. The van der Waals surface area contributed by atoms with Gasteiger partial charge in [-0.2, -0.15) is 0 Å². The molecule has 0 fully saturated rings. The largest absolute Gasteiger partial charge is 0.469 e. The highest BCUT2D eigenvalue weighted by molar-refractivity contribution is 9.09. The molecule has 92 valence electrons. The van der Waals surface area contributed by atoms with Gasteiger partial charge in [-0.15, -0.1) is 0 Å². The number of hydrogen-bond acceptors (Lipinski definition) is 2. The predicted molar refractivity (Wildman–Crippen MR) is 74.2 cm³/mol. The summed E-state index contributed by atoms with van der Waals surface area (Å²) in [6.45, 7) is 0. The highest BCUT2D eigenvalue weighted by Crippen LogP contribution is 2.13. The molecule has 1 rings (SSSR count). The lowest BCUT2D eigenvalue weighted by molar-refractivity contribution is -0.140. The van der Waals surface area contributed by atoms with Crippen LogP contribution in [0.1, 0.15) is 24.0 Å². The van der Waals surface area contributed by atoms with Gasteiger partial charge in [-0.25, -0.2) is 0 Å². The fourth-order valence-corrected chi connectivity index (χ4v) is 1.80. The van der Waals surface area contributed by atoms with E-state index in [2.05, 4.69) is 45.0 Å². The summed E-state index contributed by atoms with van der Waals surface area (Å²) in [7, 11) is 1.42. The second kappa shape index (κ2) is 8.07. The normalized spacial score (nSPS) is 10.7. The molecular weight excluding hydrogens is 280 g/mol. The van der Waals surface area contributed by atoms with E-state index < -0.39 is 0 Å². The Morgan fingerprint density at radius 2 is 2.18 bits per heavy atom. The van der Waals surface area contributed by atoms with Crippen molar-refractivity contribution in [2.24, 2.45) is 0 Å². The van der Waals surface area contributed by atoms with Crippen LogP contribution in [-0.2, 0) is 16.0 Å². The summed E-state index contributed by atoms with van der Waals surface area (Å²) in [4.78, 5) is 11.1. The molecule has 0 aliphatic rings. The lowest BCUT2D eigenvalue weighted by Crippen LogP contribution is -2.02. The van der Waals surface area contributed by atoms with Gasteiger partial charge >= 0.3 is 5.97 Å². The maximum atomic E-state index is 11.1. The van der Waals surface area contributed by atoms with Crippen molar-refractivity contribution in [1.29, 1.82) is 0 Å². The number of allylic oxidation sites excluding steroid dienone is 1. The van der Waals surface area contributed by atoms with E-state index in [9.17, 15) is 4.79 Å². The first-order chi connectivity index (χ1) is 8.27. The van der Waals surface area contributed by atoms with Crippen molar-refractivity contribution in [3.63, 3.8) is 0 Å². The van der Waals surface area contributed by atoms with E-state index in [-0.39, 0.29) is 5.97 Å². The van der Waals surface area contributed by atoms with Gasteiger partial charge < -0.3 is 4.74 Å². The van der Waals surface area contributed by atoms with Crippen LogP contribution in [0.25, 0.3) is 6.08 Å². The zero-order valence-electron chi connectivity index (χ0n) is 9.99. The van der Waals surface area contributed by atoms with Gasteiger partial charge in [0.2, 0.25) is 0 Å². The third-order valence-corrected chi connectivity index (χ3v) is 2.91. The number of hydrogen-bond donors (Lipinski definition) is 0. The highest BCUT2D eigenvalue weighted by atomic mass is 79.9. The molecule has 1 aromatic rings. The van der Waals surface area contributed by atoms with Crippen LogP contribution in [0.15, 0.2) is 30.3 Å². The Morgan fingerprint density at radius 3 is 2.88 bits per heavy atom. The number of esters is 1. The van der Waals surface area contributed by atoms with Gasteiger partial charge in [0, 0.05) is 11.8 Å². The number of benzene rings is 1. The molecular formula is C14H17BrO2. The summed E-state index contributed by atoms with van der Waals surface area (Å²) in [5.74, 6) is -0.163. The van der Waals surface area contributed by atoms with Crippen LogP contribution >= 0.6 is 15.9 Å². The predicted octanol–water partition coefficient (Wildman–Crippen LogP) is 3.59. The third kappa shape index (κ3) is 5.18. The van der Waals surface area contributed by atoms with Crippen LogP contribution in [0.4, 0.5) is 0 Å². The standard InChI is InChI=1S/C14H17BrO2/c1-17-14(16)10-9-13-7-3-2-6-12(13)8-4-5-11-15/h2-4,6-8H,5,9-11H2,1H3. The topological polar surface area (TPSA) is 26.3 Å². The quantitative estimate of drug-likeness (QED) is 0.592. The number of carbonyl (C=O) groups is 1. The Balaban J connectivity index is 2.67. The molecule has 17 heavy (non-hydrogen) atoms. The second-order valence-electron chi connectivity index (χ2n) is 3.65. The van der Waals surface area contributed by atoms with Crippen molar-refractivity contribution in [1.82, 2.24) is 0 Å². The molecule has 0 atom stereocenters. The van der Waals surface area contributed by atoms with E-state index in [0.29, 0.717) is 6.42 Å². The van der Waals surface area contributed by atoms with E-state index in [1.165, 1.54) is 18.2 Å². The Kier molecular flexibility index (Phi) is 6.63. The monoisotopic (exact) mass is 296 g/mol. The molecule has 0 N–H and O–H groups in total. The van der Waals surface area contributed by atoms with Crippen LogP contribution in [0.3, 0.4) is 0 Å². The van der Waals surface area contributed by atoms with E-state index in [0.717, 1.165) is 18.2 Å². The smallest absolute Gasteiger partial charge is 0.305 e. The Labute approximate surface area is 111 Å². The summed E-state index contributed by atoms with van der Waals surface area (Å²) in [6, 6.07) is 8.12. The minimum Gasteiger partial charge on any atom is -0.469 e. The molecule has 0 amide bonds. The minimum absolute atomic E-state index is 0.163. The Morgan fingerprint density at radius 1 is 1.41 bits per heavy atom. The average molecular weight is 297 g/mol. The fourth-order valence-electron chi connectivity index (χ4n) is 1.54. The second-order valence-corrected chi connectivity index (χ2v) is 4.45. The van der Waals surface area contributed by atoms with E-state index >= 15 is 0 Å². The summed E-state index contributed by atoms with van der Waals surface area (Å²) in [5, 5.41) is 0.966. The molecule has 0 bridgehead atoms. The molecule has 0 spiro atoms. The molecule has 0 saturated heterocycles. The van der Waals surface area contributed by atoms with Crippen molar-refractivity contribution in [2.75, 3.05) is 12.4 Å². The number of carbonyl (C=O) groups excluding carboxylic acids is 1. The molecule has 0 aliphatic heterocycles. The summed E-state index contributed by atoms with van der Waals surface area (Å²) in [6.07, 6.45) is 6.40. The van der Waals surface area contributed by atoms with Crippen LogP contribution in [0.5, 0.6) is 0 Å². The van der Waals surface area contributed by atoms with Crippen LogP contribution in [0, 0.1) is 0 Å². The lowest BCUT2D eigenvalue weighted by atomic mass is 10.0. The number of alkyl halides is 1. The number of methoxy groups -OCH3 is 1. The van der Waals surface area contributed by atoms with Gasteiger partial charge in [-0.3, -0.25) is 4.79 Å². The van der Waals surface area contributed by atoms with E-state index in [4.69, 9.17) is 0 Å². The molecule has 0 aromatic heterocycles. The first-order valence-corrected chi connectivity index (χ1v) is 6.77. The molecule has 0 unspecified atom stereocenters. The zero-order valence-corrected chi connectivity index (χ0v) is 11.6. The number of ether oxygens (including phenoxy) is 1. The number of rotatable bonds is 6. The summed E-state index contributed by atoms with van der Waals surface area (Å²) >= 11 is 3.39. The Bertz CT molecular complexity index is 386. The van der Waals surface area contributed by atoms with Crippen molar-refractivity contribution in [2.45, 2.75) is 19.3 Å². The molecule has 0 saturated carbocycles. The van der Waals surface area contributed by atoms with Crippen LogP contribution in [0.2, 0.25) is 0 Å². The van der Waals surface area contributed by atoms with Crippen LogP contribution < -0.4 is 0 Å². The van der Waals surface area contributed by atoms with Gasteiger partial charge in [-0.05, 0) is 24.0 Å². The first-order valence-electron chi connectivity index (χ1n) is 5.65. The number of halogens is 1. The average Bonchev–Trinajstić information content (AvgIpc) is 2.37. The maximum absolute atomic E-state index is 11.1. The lowest BCUT2D eigenvalue weighted by Gasteiger charge is -2.05. The van der Waals surface area contributed by atoms with Crippen LogP contribution in [-0.4, -0.2) is 18.4 Å². The fraction of sp³-hybridized carbons (Fsp3) is 0.357. The van der Waals surface area contributed by atoms with Crippen molar-refractivity contribution >= 4 is 28.0 Å². The first kappa shape index (κ1) is 14.0. The highest BCUT2D eigenvalue weighted by Gasteiger charge is 2.03. The molecule has 3 heteroatoms. The third-order valence-electron chi connectivity index (χ3n) is 2.45. The summed E-state index contributed by atoms with van der Waals surface area (Å²) in [5.41, 5.74) is 2.36. The van der Waals surface area contributed by atoms with Crippen molar-refractivity contribution in [3.05, 3.63) is 41.5 Å². The van der Waals surface area contributed by atoms with Gasteiger partial charge in [0.25, 0.3) is 0 Å². The number of aryl methyl sites for hydroxylation is 1. The van der Waals surface area contributed by atoms with Gasteiger partial charge in [-0.1, -0.05) is 52.3 Å². The SMILES string of the molecule is COC(=O)CCc1ccccc1C=CCCBr. The molecule has 1 aromatic carbocycles. The van der Waals surface area contributed by atoms with Crippen molar-refractivity contribution in [3.8, 4) is 0 Å². The summed E-state index contributed by atoms with van der Waals surface area (Å²) < 4.78 is 4.65. The van der Waals surface area contributed by atoms with E-state index in [1.54, 1.807) is 0 Å².